The number of hydrogen-bond acceptors (Lipinski definition) is 4. The molecular formula is C13H16N4O. The molecule has 1 aromatic carbocycles. The lowest BCUT2D eigenvalue weighted by atomic mass is 10.2. The van der Waals surface area contributed by atoms with Crippen LogP contribution in [0.15, 0.2) is 23.3 Å². The molecule has 1 aliphatic carbocycles. The van der Waals surface area contributed by atoms with Crippen LogP contribution in [-0.4, -0.2) is 16.5 Å². The van der Waals surface area contributed by atoms with E-state index in [2.05, 4.69) is 15.3 Å². The van der Waals surface area contributed by atoms with Crippen molar-refractivity contribution in [3.63, 3.8) is 0 Å². The zero-order chi connectivity index (χ0) is 12.5. The summed E-state index contributed by atoms with van der Waals surface area (Å²) in [4.78, 5) is 18.3. The van der Waals surface area contributed by atoms with Crippen molar-refractivity contribution in [2.45, 2.75) is 19.3 Å². The average molecular weight is 244 g/mol. The van der Waals surface area contributed by atoms with Gasteiger partial charge in [0.15, 0.2) is 0 Å². The number of rotatable bonds is 4. The van der Waals surface area contributed by atoms with Crippen LogP contribution in [0.3, 0.4) is 0 Å². The summed E-state index contributed by atoms with van der Waals surface area (Å²) >= 11 is 0. The quantitative estimate of drug-likeness (QED) is 0.715. The monoisotopic (exact) mass is 244 g/mol. The standard InChI is InChI=1S/C13H16N4O/c14-10-5-9-11(16-7-17-13(9)18)6-12(10)15-4-3-8-1-2-8/h5-8,15H,1-4,14H2,(H,16,17,18). The van der Waals surface area contributed by atoms with Gasteiger partial charge in [0.05, 0.1) is 28.6 Å². The van der Waals surface area contributed by atoms with Crippen LogP contribution in [0.25, 0.3) is 10.9 Å². The minimum Gasteiger partial charge on any atom is -0.397 e. The van der Waals surface area contributed by atoms with Gasteiger partial charge in [-0.3, -0.25) is 4.79 Å². The molecule has 3 rings (SSSR count). The van der Waals surface area contributed by atoms with E-state index in [9.17, 15) is 4.79 Å². The van der Waals surface area contributed by atoms with E-state index in [1.165, 1.54) is 25.6 Å². The summed E-state index contributed by atoms with van der Waals surface area (Å²) in [5.41, 5.74) is 7.91. The molecule has 1 saturated carbocycles. The SMILES string of the molecule is Nc1cc2c(=O)[nH]cnc2cc1NCCC1CC1. The Morgan fingerprint density at radius 3 is 3.06 bits per heavy atom. The highest BCUT2D eigenvalue weighted by molar-refractivity contribution is 5.88. The third-order valence-corrected chi connectivity index (χ3v) is 3.38. The summed E-state index contributed by atoms with van der Waals surface area (Å²) in [7, 11) is 0. The van der Waals surface area contributed by atoms with E-state index >= 15 is 0 Å². The first-order valence-electron chi connectivity index (χ1n) is 6.25. The molecule has 0 saturated heterocycles. The van der Waals surface area contributed by atoms with Crippen molar-refractivity contribution in [1.29, 1.82) is 0 Å². The Balaban J connectivity index is 1.86. The number of nitrogens with two attached hydrogens (primary N) is 1. The minimum atomic E-state index is -0.156. The van der Waals surface area contributed by atoms with Crippen LogP contribution >= 0.6 is 0 Å². The normalized spacial score (nSPS) is 14.9. The summed E-state index contributed by atoms with van der Waals surface area (Å²) in [5.74, 6) is 0.889. The highest BCUT2D eigenvalue weighted by Crippen LogP contribution is 2.32. The van der Waals surface area contributed by atoms with Crippen molar-refractivity contribution < 1.29 is 0 Å². The van der Waals surface area contributed by atoms with Gasteiger partial charge in [0.2, 0.25) is 0 Å². The van der Waals surface area contributed by atoms with Gasteiger partial charge in [-0.25, -0.2) is 4.98 Å². The van der Waals surface area contributed by atoms with E-state index in [1.54, 1.807) is 6.07 Å². The maximum Gasteiger partial charge on any atom is 0.258 e. The smallest absolute Gasteiger partial charge is 0.258 e. The molecule has 0 unspecified atom stereocenters. The fourth-order valence-corrected chi connectivity index (χ4v) is 2.10. The number of nitrogen functional groups attached to an aromatic ring is 1. The molecule has 5 nitrogen and oxygen atoms in total. The molecule has 0 atom stereocenters. The number of hydrogen-bond donors (Lipinski definition) is 3. The Labute approximate surface area is 104 Å². The van der Waals surface area contributed by atoms with Gasteiger partial charge in [-0.2, -0.15) is 0 Å². The van der Waals surface area contributed by atoms with Crippen LogP contribution in [0.2, 0.25) is 0 Å². The van der Waals surface area contributed by atoms with Gasteiger partial charge in [-0.05, 0) is 24.5 Å². The molecule has 4 N–H and O–H groups in total. The van der Waals surface area contributed by atoms with E-state index in [1.807, 2.05) is 6.07 Å². The topological polar surface area (TPSA) is 83.8 Å². The van der Waals surface area contributed by atoms with Crippen LogP contribution in [0.5, 0.6) is 0 Å². The molecule has 1 heterocycles. The van der Waals surface area contributed by atoms with Gasteiger partial charge in [-0.15, -0.1) is 0 Å². The third kappa shape index (κ3) is 2.16. The first kappa shape index (κ1) is 11.1. The molecular weight excluding hydrogens is 228 g/mol. The molecule has 5 heteroatoms. The second-order valence-corrected chi connectivity index (χ2v) is 4.85. The van der Waals surface area contributed by atoms with Gasteiger partial charge >= 0.3 is 0 Å². The van der Waals surface area contributed by atoms with E-state index in [4.69, 9.17) is 5.73 Å². The number of H-pyrrole nitrogens is 1. The molecule has 2 aromatic rings. The first-order chi connectivity index (χ1) is 8.74. The lowest BCUT2D eigenvalue weighted by molar-refractivity contribution is 0.760. The number of fused-ring (bicyclic) bond motifs is 1. The number of nitrogens with one attached hydrogen (secondary N) is 2. The maximum absolute atomic E-state index is 11.6. The molecule has 94 valence electrons. The summed E-state index contributed by atoms with van der Waals surface area (Å²) in [6.07, 6.45) is 5.30. The van der Waals surface area contributed by atoms with Crippen LogP contribution in [0.4, 0.5) is 11.4 Å². The van der Waals surface area contributed by atoms with Crippen LogP contribution in [-0.2, 0) is 0 Å². The average Bonchev–Trinajstić information content (AvgIpc) is 3.15. The maximum atomic E-state index is 11.6. The number of aromatic amines is 1. The first-order valence-corrected chi connectivity index (χ1v) is 6.25. The Bertz CT molecular complexity index is 630. The zero-order valence-corrected chi connectivity index (χ0v) is 10.1. The molecule has 1 aliphatic rings. The van der Waals surface area contributed by atoms with Crippen LogP contribution in [0.1, 0.15) is 19.3 Å². The Hall–Kier alpha value is -2.04. The fourth-order valence-electron chi connectivity index (χ4n) is 2.10. The second kappa shape index (κ2) is 4.33. The van der Waals surface area contributed by atoms with Crippen LogP contribution < -0.4 is 16.6 Å². The lowest BCUT2D eigenvalue weighted by Gasteiger charge is -2.09. The van der Waals surface area contributed by atoms with Crippen molar-refractivity contribution in [1.82, 2.24) is 9.97 Å². The van der Waals surface area contributed by atoms with E-state index < -0.39 is 0 Å². The molecule has 0 aliphatic heterocycles. The molecule has 1 fully saturated rings. The fraction of sp³-hybridized carbons (Fsp3) is 0.385. The van der Waals surface area contributed by atoms with Gasteiger partial charge in [0.1, 0.15) is 0 Å². The minimum absolute atomic E-state index is 0.156. The van der Waals surface area contributed by atoms with Crippen molar-refractivity contribution in [3.8, 4) is 0 Å². The Kier molecular flexibility index (Phi) is 2.66. The molecule has 0 spiro atoms. The van der Waals surface area contributed by atoms with Crippen LogP contribution in [0, 0.1) is 5.92 Å². The lowest BCUT2D eigenvalue weighted by Crippen LogP contribution is -2.09. The number of aromatic nitrogens is 2. The van der Waals surface area contributed by atoms with E-state index in [0.29, 0.717) is 16.6 Å². The summed E-state index contributed by atoms with van der Waals surface area (Å²) in [6.45, 7) is 0.920. The highest BCUT2D eigenvalue weighted by atomic mass is 16.1. The third-order valence-electron chi connectivity index (χ3n) is 3.38. The summed E-state index contributed by atoms with van der Waals surface area (Å²) < 4.78 is 0. The van der Waals surface area contributed by atoms with Gasteiger partial charge in [0.25, 0.3) is 5.56 Å². The molecule has 18 heavy (non-hydrogen) atoms. The second-order valence-electron chi connectivity index (χ2n) is 4.85. The van der Waals surface area contributed by atoms with E-state index in [0.717, 1.165) is 18.2 Å². The van der Waals surface area contributed by atoms with Gasteiger partial charge in [-0.1, -0.05) is 12.8 Å². The van der Waals surface area contributed by atoms with Crippen molar-refractivity contribution in [3.05, 3.63) is 28.8 Å². The number of benzene rings is 1. The van der Waals surface area contributed by atoms with Gasteiger partial charge in [0, 0.05) is 6.54 Å². The Morgan fingerprint density at radius 2 is 2.28 bits per heavy atom. The summed E-state index contributed by atoms with van der Waals surface area (Å²) in [5, 5.41) is 3.85. The predicted octanol–water partition coefficient (Wildman–Crippen LogP) is 1.72. The van der Waals surface area contributed by atoms with Crippen molar-refractivity contribution >= 4 is 22.3 Å². The molecule has 0 amide bonds. The largest absolute Gasteiger partial charge is 0.397 e. The number of anilines is 2. The number of nitrogens with zero attached hydrogens (tertiary/aromatic N) is 1. The highest BCUT2D eigenvalue weighted by Gasteiger charge is 2.20. The van der Waals surface area contributed by atoms with Crippen molar-refractivity contribution in [2.24, 2.45) is 5.92 Å². The van der Waals surface area contributed by atoms with E-state index in [-0.39, 0.29) is 5.56 Å². The van der Waals surface area contributed by atoms with Gasteiger partial charge < -0.3 is 16.0 Å². The Morgan fingerprint density at radius 1 is 1.44 bits per heavy atom. The predicted molar refractivity (Wildman–Crippen MR) is 72.6 cm³/mol. The van der Waals surface area contributed by atoms with Crippen molar-refractivity contribution in [2.75, 3.05) is 17.6 Å². The summed E-state index contributed by atoms with van der Waals surface area (Å²) in [6, 6.07) is 3.52. The zero-order valence-electron chi connectivity index (χ0n) is 10.1. The molecule has 1 aromatic heterocycles. The molecule has 0 radical (unpaired) electrons. The molecule has 0 bridgehead atoms.